The van der Waals surface area contributed by atoms with Crippen molar-refractivity contribution in [1.29, 1.82) is 0 Å². The van der Waals surface area contributed by atoms with Crippen LogP contribution in [0.3, 0.4) is 0 Å². The highest BCUT2D eigenvalue weighted by Gasteiger charge is 2.05. The van der Waals surface area contributed by atoms with Crippen molar-refractivity contribution >= 4 is 18.4 Å². The Morgan fingerprint density at radius 1 is 0.933 bits per heavy atom. The summed E-state index contributed by atoms with van der Waals surface area (Å²) >= 11 is 0. The van der Waals surface area contributed by atoms with Crippen molar-refractivity contribution in [2.75, 3.05) is 0 Å². The first-order chi connectivity index (χ1) is 7.43. The van der Waals surface area contributed by atoms with Gasteiger partial charge in [-0.05, 0) is 11.1 Å². The van der Waals surface area contributed by atoms with Crippen LogP contribution < -0.4 is 0 Å². The number of aromatic nitrogens is 1. The number of fused-ring (bicyclic) bond motifs is 2. The summed E-state index contributed by atoms with van der Waals surface area (Å²) in [5.41, 5.74) is 4.74. The normalized spacial score (nSPS) is 25.1. The molecule has 2 nitrogen and oxygen atoms in total. The van der Waals surface area contributed by atoms with Crippen molar-refractivity contribution in [3.8, 4) is 0 Å². The maximum atomic E-state index is 4.14. The minimum atomic E-state index is 1.16. The second-order valence-corrected chi connectivity index (χ2v) is 3.54. The van der Waals surface area contributed by atoms with Crippen molar-refractivity contribution in [1.82, 2.24) is 4.98 Å². The van der Waals surface area contributed by atoms with E-state index < -0.39 is 0 Å². The van der Waals surface area contributed by atoms with Crippen LogP contribution in [0.15, 0.2) is 53.0 Å². The number of H-pyrrole nitrogens is 1. The quantitative estimate of drug-likeness (QED) is 0.657. The molecule has 2 aliphatic rings. The van der Waals surface area contributed by atoms with Gasteiger partial charge < -0.3 is 4.98 Å². The average Bonchev–Trinajstić information content (AvgIpc) is 2.81. The minimum Gasteiger partial charge on any atom is -0.366 e. The molecule has 0 amide bonds. The third kappa shape index (κ3) is 1.40. The van der Waals surface area contributed by atoms with E-state index in [1.54, 1.807) is 0 Å². The molecule has 0 aromatic carbocycles. The van der Waals surface area contributed by atoms with Gasteiger partial charge in [-0.3, -0.25) is 4.99 Å². The van der Waals surface area contributed by atoms with Crippen molar-refractivity contribution in [3.05, 3.63) is 59.1 Å². The van der Waals surface area contributed by atoms with Crippen LogP contribution in [0.5, 0.6) is 0 Å². The van der Waals surface area contributed by atoms with Crippen LogP contribution in [0.2, 0.25) is 0 Å². The van der Waals surface area contributed by atoms with Gasteiger partial charge in [-0.1, -0.05) is 30.4 Å². The van der Waals surface area contributed by atoms with Gasteiger partial charge in [0.1, 0.15) is 0 Å². The summed E-state index contributed by atoms with van der Waals surface area (Å²) in [4.78, 5) is 7.24. The SMILES string of the molecule is C1=NC=C2/C=C/c3c[nH]cc3/C=C/C=C/12. The Kier molecular flexibility index (Phi) is 1.78. The van der Waals surface area contributed by atoms with Gasteiger partial charge in [0, 0.05) is 36.0 Å². The monoisotopic (exact) mass is 194 g/mol. The molecule has 0 saturated carbocycles. The van der Waals surface area contributed by atoms with Crippen molar-refractivity contribution < 1.29 is 0 Å². The molecule has 0 fully saturated rings. The summed E-state index contributed by atoms with van der Waals surface area (Å²) in [7, 11) is 0. The molecule has 1 aromatic heterocycles. The van der Waals surface area contributed by atoms with Gasteiger partial charge >= 0.3 is 0 Å². The Hall–Kier alpha value is -2.09. The lowest BCUT2D eigenvalue weighted by Crippen LogP contribution is -1.80. The summed E-state index contributed by atoms with van der Waals surface area (Å²) < 4.78 is 0. The molecule has 0 spiro atoms. The molecule has 1 aromatic rings. The Morgan fingerprint density at radius 3 is 2.73 bits per heavy atom. The zero-order chi connectivity index (χ0) is 10.1. The lowest BCUT2D eigenvalue weighted by molar-refractivity contribution is 1.41. The fourth-order valence-electron chi connectivity index (χ4n) is 1.74. The van der Waals surface area contributed by atoms with E-state index in [9.17, 15) is 0 Å². The van der Waals surface area contributed by atoms with E-state index in [2.05, 4.69) is 40.4 Å². The molecule has 2 heteroatoms. The molecule has 0 atom stereocenters. The van der Waals surface area contributed by atoms with E-state index in [-0.39, 0.29) is 0 Å². The van der Waals surface area contributed by atoms with Gasteiger partial charge in [0.25, 0.3) is 0 Å². The van der Waals surface area contributed by atoms with E-state index in [1.165, 1.54) is 11.1 Å². The maximum Gasteiger partial charge on any atom is 0.0347 e. The van der Waals surface area contributed by atoms with Crippen molar-refractivity contribution in [2.45, 2.75) is 0 Å². The Labute approximate surface area is 88.1 Å². The fraction of sp³-hybridized carbons (Fsp3) is 0. The molecule has 0 radical (unpaired) electrons. The van der Waals surface area contributed by atoms with Crippen LogP contribution in [0.4, 0.5) is 0 Å². The number of nitrogens with zero attached hydrogens (tertiary/aromatic N) is 1. The first-order valence-corrected chi connectivity index (χ1v) is 4.90. The second kappa shape index (κ2) is 3.24. The van der Waals surface area contributed by atoms with Gasteiger partial charge in [0.05, 0.1) is 0 Å². The molecule has 15 heavy (non-hydrogen) atoms. The summed E-state index contributed by atoms with van der Waals surface area (Å²) in [5, 5.41) is 0. The van der Waals surface area contributed by atoms with Crippen LogP contribution >= 0.6 is 0 Å². The molecule has 72 valence electrons. The number of aliphatic imine (C=N–C) groups is 1. The number of aromatic amines is 1. The molecular formula is C13H10N2. The van der Waals surface area contributed by atoms with Crippen LogP contribution in [0, 0.1) is 0 Å². The Balaban J connectivity index is 2.13. The zero-order valence-electron chi connectivity index (χ0n) is 8.14. The lowest BCUT2D eigenvalue weighted by Gasteiger charge is -1.93. The molecule has 0 saturated heterocycles. The highest BCUT2D eigenvalue weighted by atomic mass is 14.7. The minimum absolute atomic E-state index is 1.16. The predicted octanol–water partition coefficient (Wildman–Crippen LogP) is 2.95. The lowest BCUT2D eigenvalue weighted by atomic mass is 10.1. The molecule has 0 unspecified atom stereocenters. The highest BCUT2D eigenvalue weighted by Crippen LogP contribution is 2.21. The van der Waals surface area contributed by atoms with E-state index in [0.29, 0.717) is 0 Å². The van der Waals surface area contributed by atoms with Gasteiger partial charge in [-0.2, -0.15) is 0 Å². The van der Waals surface area contributed by atoms with Crippen LogP contribution in [0.25, 0.3) is 12.2 Å². The predicted molar refractivity (Wildman–Crippen MR) is 63.5 cm³/mol. The summed E-state index contributed by atoms with van der Waals surface area (Å²) in [6.07, 6.45) is 18.2. The van der Waals surface area contributed by atoms with E-state index in [1.807, 2.05) is 24.8 Å². The number of allylic oxidation sites excluding steroid dienone is 5. The molecule has 3 rings (SSSR count). The maximum absolute atomic E-state index is 4.14. The molecule has 1 N–H and O–H groups in total. The first kappa shape index (κ1) is 8.24. The van der Waals surface area contributed by atoms with Gasteiger partial charge in [0.15, 0.2) is 0 Å². The first-order valence-electron chi connectivity index (χ1n) is 4.90. The standard InChI is InChI=1S/C13H10N2/c1-2-10-6-14-8-12(10)4-5-13-9-15-7-11(13)3-1/h1-9,14H/b2-1+,5-4+,11-3-. The summed E-state index contributed by atoms with van der Waals surface area (Å²) in [6.45, 7) is 0. The van der Waals surface area contributed by atoms with Crippen LogP contribution in [-0.4, -0.2) is 11.2 Å². The van der Waals surface area contributed by atoms with Crippen molar-refractivity contribution in [3.63, 3.8) is 0 Å². The van der Waals surface area contributed by atoms with Crippen LogP contribution in [-0.2, 0) is 0 Å². The Bertz CT molecular complexity index is 537. The third-order valence-corrected chi connectivity index (χ3v) is 2.57. The van der Waals surface area contributed by atoms with E-state index in [4.69, 9.17) is 0 Å². The molecule has 1 aliphatic heterocycles. The molecule has 1 aliphatic carbocycles. The topological polar surface area (TPSA) is 28.1 Å². The van der Waals surface area contributed by atoms with Crippen molar-refractivity contribution in [2.24, 2.45) is 4.99 Å². The molecular weight excluding hydrogens is 184 g/mol. The number of hydrogen-bond acceptors (Lipinski definition) is 1. The zero-order valence-corrected chi connectivity index (χ0v) is 8.14. The average molecular weight is 194 g/mol. The largest absolute Gasteiger partial charge is 0.366 e. The number of hydrogen-bond donors (Lipinski definition) is 1. The fourth-order valence-corrected chi connectivity index (χ4v) is 1.74. The summed E-state index contributed by atoms with van der Waals surface area (Å²) in [5.74, 6) is 0. The van der Waals surface area contributed by atoms with Crippen LogP contribution in [0.1, 0.15) is 11.1 Å². The van der Waals surface area contributed by atoms with E-state index >= 15 is 0 Å². The molecule has 2 heterocycles. The molecule has 0 bridgehead atoms. The van der Waals surface area contributed by atoms with E-state index in [0.717, 1.165) is 11.1 Å². The second-order valence-electron chi connectivity index (χ2n) is 3.54. The Morgan fingerprint density at radius 2 is 1.80 bits per heavy atom. The highest BCUT2D eigenvalue weighted by molar-refractivity contribution is 5.91. The summed E-state index contributed by atoms with van der Waals surface area (Å²) in [6, 6.07) is 0. The van der Waals surface area contributed by atoms with Gasteiger partial charge in [-0.15, -0.1) is 0 Å². The smallest absolute Gasteiger partial charge is 0.0347 e. The third-order valence-electron chi connectivity index (χ3n) is 2.57. The van der Waals surface area contributed by atoms with Gasteiger partial charge in [-0.25, -0.2) is 0 Å². The number of nitrogens with one attached hydrogen (secondary N) is 1. The number of rotatable bonds is 0. The van der Waals surface area contributed by atoms with Gasteiger partial charge in [0.2, 0.25) is 0 Å².